The first-order chi connectivity index (χ1) is 8.67. The van der Waals surface area contributed by atoms with E-state index in [2.05, 4.69) is 0 Å². The van der Waals surface area contributed by atoms with Crippen LogP contribution in [0, 0.1) is 5.92 Å². The van der Waals surface area contributed by atoms with E-state index in [1.165, 1.54) is 4.31 Å². The van der Waals surface area contributed by atoms with Crippen LogP contribution in [0.4, 0.5) is 0 Å². The van der Waals surface area contributed by atoms with Crippen molar-refractivity contribution >= 4 is 10.0 Å². The van der Waals surface area contributed by atoms with Crippen LogP contribution in [0.3, 0.4) is 0 Å². The SMILES string of the molecule is CC(N)c1ccc(S(=O)(=O)N(C)C(C)C(C)C)cc1. The molecule has 0 spiro atoms. The summed E-state index contributed by atoms with van der Waals surface area (Å²) in [5.41, 5.74) is 6.69. The van der Waals surface area contributed by atoms with E-state index < -0.39 is 10.0 Å². The second kappa shape index (κ2) is 6.03. The van der Waals surface area contributed by atoms with Crippen molar-refractivity contribution in [2.45, 2.75) is 44.7 Å². The number of hydrogen-bond donors (Lipinski definition) is 1. The van der Waals surface area contributed by atoms with Crippen LogP contribution >= 0.6 is 0 Å². The summed E-state index contributed by atoms with van der Waals surface area (Å²) >= 11 is 0. The van der Waals surface area contributed by atoms with Gasteiger partial charge in [0.1, 0.15) is 0 Å². The molecule has 0 aliphatic rings. The summed E-state index contributed by atoms with van der Waals surface area (Å²) in [4.78, 5) is 0.312. The van der Waals surface area contributed by atoms with Crippen LogP contribution in [0.15, 0.2) is 29.2 Å². The van der Waals surface area contributed by atoms with Crippen LogP contribution in [0.2, 0.25) is 0 Å². The Kier molecular flexibility index (Phi) is 5.12. The Morgan fingerprint density at radius 2 is 1.53 bits per heavy atom. The van der Waals surface area contributed by atoms with Crippen molar-refractivity contribution in [3.63, 3.8) is 0 Å². The smallest absolute Gasteiger partial charge is 0.243 e. The van der Waals surface area contributed by atoms with E-state index in [1.54, 1.807) is 31.3 Å². The van der Waals surface area contributed by atoms with Gasteiger partial charge < -0.3 is 5.73 Å². The highest BCUT2D eigenvalue weighted by molar-refractivity contribution is 7.89. The minimum absolute atomic E-state index is 0.0434. The van der Waals surface area contributed by atoms with Gasteiger partial charge in [0.15, 0.2) is 0 Å². The monoisotopic (exact) mass is 284 g/mol. The second-order valence-electron chi connectivity index (χ2n) is 5.36. The second-order valence-corrected chi connectivity index (χ2v) is 7.36. The van der Waals surface area contributed by atoms with Crippen LogP contribution in [0.1, 0.15) is 39.3 Å². The average molecular weight is 284 g/mol. The molecule has 0 saturated carbocycles. The molecule has 0 heterocycles. The van der Waals surface area contributed by atoms with Gasteiger partial charge in [0.25, 0.3) is 0 Å². The van der Waals surface area contributed by atoms with Crippen molar-refractivity contribution < 1.29 is 8.42 Å². The Morgan fingerprint density at radius 1 is 1.05 bits per heavy atom. The lowest BCUT2D eigenvalue weighted by Gasteiger charge is -2.27. The maximum atomic E-state index is 12.5. The molecule has 0 aromatic heterocycles. The molecule has 2 N–H and O–H groups in total. The molecule has 2 atom stereocenters. The van der Waals surface area contributed by atoms with Crippen molar-refractivity contribution in [1.29, 1.82) is 0 Å². The molecule has 1 rings (SSSR count). The first kappa shape index (κ1) is 16.1. The van der Waals surface area contributed by atoms with Crippen molar-refractivity contribution in [1.82, 2.24) is 4.31 Å². The van der Waals surface area contributed by atoms with Crippen LogP contribution in [-0.2, 0) is 10.0 Å². The van der Waals surface area contributed by atoms with Crippen molar-refractivity contribution in [3.05, 3.63) is 29.8 Å². The highest BCUT2D eigenvalue weighted by Gasteiger charge is 2.26. The molecule has 0 amide bonds. The Hall–Kier alpha value is -0.910. The maximum absolute atomic E-state index is 12.5. The first-order valence-corrected chi connectivity index (χ1v) is 7.95. The summed E-state index contributed by atoms with van der Waals surface area (Å²) < 4.78 is 26.3. The van der Waals surface area contributed by atoms with Gasteiger partial charge in [0, 0.05) is 19.1 Å². The van der Waals surface area contributed by atoms with E-state index in [-0.39, 0.29) is 18.0 Å². The lowest BCUT2D eigenvalue weighted by atomic mass is 10.1. The Bertz CT molecular complexity index is 507. The lowest BCUT2D eigenvalue weighted by molar-refractivity contribution is 0.316. The fourth-order valence-corrected chi connectivity index (χ4v) is 3.24. The standard InChI is InChI=1S/C14H24N2O2S/c1-10(2)12(4)16(5)19(17,18)14-8-6-13(7-9-14)11(3)15/h6-12H,15H2,1-5H3. The van der Waals surface area contributed by atoms with Crippen LogP contribution < -0.4 is 5.73 Å². The molecule has 0 radical (unpaired) electrons. The van der Waals surface area contributed by atoms with Gasteiger partial charge in [-0.05, 0) is 37.5 Å². The molecule has 0 saturated heterocycles. The fourth-order valence-electron chi connectivity index (χ4n) is 1.75. The molecular weight excluding hydrogens is 260 g/mol. The Balaban J connectivity index is 3.07. The molecule has 0 aliphatic heterocycles. The van der Waals surface area contributed by atoms with Gasteiger partial charge in [-0.1, -0.05) is 26.0 Å². The summed E-state index contributed by atoms with van der Waals surface area (Å²) in [6, 6.07) is 6.65. The summed E-state index contributed by atoms with van der Waals surface area (Å²) in [5.74, 6) is 0.267. The summed E-state index contributed by atoms with van der Waals surface area (Å²) in [6.07, 6.45) is 0. The van der Waals surface area contributed by atoms with Gasteiger partial charge in [0.2, 0.25) is 10.0 Å². The van der Waals surface area contributed by atoms with Gasteiger partial charge in [-0.3, -0.25) is 0 Å². The summed E-state index contributed by atoms with van der Waals surface area (Å²) in [5, 5.41) is 0. The largest absolute Gasteiger partial charge is 0.324 e. The molecule has 0 fully saturated rings. The molecule has 0 aliphatic carbocycles. The number of rotatable bonds is 5. The third-order valence-corrected chi connectivity index (χ3v) is 5.58. The zero-order valence-corrected chi connectivity index (χ0v) is 13.1. The van der Waals surface area contributed by atoms with E-state index >= 15 is 0 Å². The summed E-state index contributed by atoms with van der Waals surface area (Å²) in [6.45, 7) is 7.81. The van der Waals surface area contributed by atoms with Crippen LogP contribution in [0.5, 0.6) is 0 Å². The third kappa shape index (κ3) is 3.55. The average Bonchev–Trinajstić information content (AvgIpc) is 2.36. The predicted molar refractivity (Wildman–Crippen MR) is 78.3 cm³/mol. The van der Waals surface area contributed by atoms with Gasteiger partial charge in [0.05, 0.1) is 4.90 Å². The van der Waals surface area contributed by atoms with Gasteiger partial charge >= 0.3 is 0 Å². The van der Waals surface area contributed by atoms with Gasteiger partial charge in [-0.2, -0.15) is 4.31 Å². The molecule has 5 heteroatoms. The minimum atomic E-state index is -3.43. The van der Waals surface area contributed by atoms with E-state index in [4.69, 9.17) is 5.73 Å². The number of nitrogens with two attached hydrogens (primary N) is 1. The van der Waals surface area contributed by atoms with E-state index in [1.807, 2.05) is 27.7 Å². The van der Waals surface area contributed by atoms with Crippen LogP contribution in [0.25, 0.3) is 0 Å². The van der Waals surface area contributed by atoms with Crippen molar-refractivity contribution in [2.75, 3.05) is 7.05 Å². The zero-order valence-electron chi connectivity index (χ0n) is 12.3. The number of hydrogen-bond acceptors (Lipinski definition) is 3. The molecular formula is C14H24N2O2S. The first-order valence-electron chi connectivity index (χ1n) is 6.51. The topological polar surface area (TPSA) is 63.4 Å². The normalized spacial score (nSPS) is 15.8. The maximum Gasteiger partial charge on any atom is 0.243 e. The number of benzene rings is 1. The van der Waals surface area contributed by atoms with E-state index in [0.717, 1.165) is 5.56 Å². The molecule has 4 nitrogen and oxygen atoms in total. The quantitative estimate of drug-likeness (QED) is 0.903. The zero-order chi connectivity index (χ0) is 14.8. The van der Waals surface area contributed by atoms with Crippen molar-refractivity contribution in [3.8, 4) is 0 Å². The fraction of sp³-hybridized carbons (Fsp3) is 0.571. The minimum Gasteiger partial charge on any atom is -0.324 e. The molecule has 108 valence electrons. The summed E-state index contributed by atoms with van der Waals surface area (Å²) in [7, 11) is -1.81. The lowest BCUT2D eigenvalue weighted by Crippen LogP contribution is -2.38. The Morgan fingerprint density at radius 3 is 1.89 bits per heavy atom. The van der Waals surface area contributed by atoms with E-state index in [0.29, 0.717) is 4.90 Å². The molecule has 2 unspecified atom stereocenters. The number of sulfonamides is 1. The van der Waals surface area contributed by atoms with Gasteiger partial charge in [-0.15, -0.1) is 0 Å². The number of nitrogens with zero attached hydrogens (tertiary/aromatic N) is 1. The highest BCUT2D eigenvalue weighted by Crippen LogP contribution is 2.21. The third-order valence-electron chi connectivity index (χ3n) is 3.62. The molecule has 0 bridgehead atoms. The van der Waals surface area contributed by atoms with E-state index in [9.17, 15) is 8.42 Å². The Labute approximate surface area is 116 Å². The van der Waals surface area contributed by atoms with Crippen LogP contribution in [-0.4, -0.2) is 25.8 Å². The molecule has 1 aromatic rings. The molecule has 19 heavy (non-hydrogen) atoms. The van der Waals surface area contributed by atoms with Crippen molar-refractivity contribution in [2.24, 2.45) is 11.7 Å². The van der Waals surface area contributed by atoms with Gasteiger partial charge in [-0.25, -0.2) is 8.42 Å². The predicted octanol–water partition coefficient (Wildman–Crippen LogP) is 2.37. The molecule has 1 aromatic carbocycles. The highest BCUT2D eigenvalue weighted by atomic mass is 32.2.